The number of carbonyl (C=O) groups excluding carboxylic acids is 2. The van der Waals surface area contributed by atoms with Crippen LogP contribution in [0.5, 0.6) is 5.75 Å². The summed E-state index contributed by atoms with van der Waals surface area (Å²) in [6.07, 6.45) is 0.881. The van der Waals surface area contributed by atoms with E-state index in [0.29, 0.717) is 17.9 Å². The van der Waals surface area contributed by atoms with Crippen molar-refractivity contribution in [2.24, 2.45) is 0 Å². The fourth-order valence-electron chi connectivity index (χ4n) is 3.71. The van der Waals surface area contributed by atoms with E-state index in [2.05, 4.69) is 5.32 Å². The summed E-state index contributed by atoms with van der Waals surface area (Å²) >= 11 is 0. The summed E-state index contributed by atoms with van der Waals surface area (Å²) in [5.41, 5.74) is 3.81. The first-order valence-electron chi connectivity index (χ1n) is 10.8. The summed E-state index contributed by atoms with van der Waals surface area (Å²) in [4.78, 5) is 28.0. The lowest BCUT2D eigenvalue weighted by molar-refractivity contribution is -0.120. The van der Waals surface area contributed by atoms with E-state index in [1.54, 1.807) is 30.3 Å². The highest BCUT2D eigenvalue weighted by Gasteiger charge is 2.40. The van der Waals surface area contributed by atoms with E-state index in [9.17, 15) is 14.0 Å². The number of nitrogens with zero attached hydrogens (tertiary/aromatic N) is 1. The first kappa shape index (κ1) is 22.3. The number of amides is 2. The lowest BCUT2D eigenvalue weighted by atomic mass is 10.0. The van der Waals surface area contributed by atoms with Crippen LogP contribution < -0.4 is 15.0 Å². The molecule has 0 radical (unpaired) electrons. The number of carbonyl (C=O) groups is 2. The van der Waals surface area contributed by atoms with Gasteiger partial charge in [0.15, 0.2) is 0 Å². The van der Waals surface area contributed by atoms with Crippen LogP contribution in [0.4, 0.5) is 15.8 Å². The minimum absolute atomic E-state index is 0.153. The molecule has 0 atom stereocenters. The number of halogens is 1. The molecule has 0 bridgehead atoms. The zero-order valence-electron chi connectivity index (χ0n) is 18.8. The SMILES string of the molecule is CCCOc1ccc(C2=C(Nc3cc(C)ccc3C)C(=O)N(c3cccc(F)c3)C2=O)cc1. The van der Waals surface area contributed by atoms with Crippen molar-refractivity contribution in [3.8, 4) is 5.75 Å². The fraction of sp³-hybridized carbons (Fsp3) is 0.185. The van der Waals surface area contributed by atoms with Crippen LogP contribution in [0.25, 0.3) is 5.57 Å². The van der Waals surface area contributed by atoms with Crippen LogP contribution in [0.3, 0.4) is 0 Å². The molecular weight excluding hydrogens is 419 g/mol. The van der Waals surface area contributed by atoms with E-state index in [4.69, 9.17) is 4.74 Å². The number of nitrogens with one attached hydrogen (secondary N) is 1. The highest BCUT2D eigenvalue weighted by molar-refractivity contribution is 6.46. The Morgan fingerprint density at radius 3 is 2.39 bits per heavy atom. The first-order valence-corrected chi connectivity index (χ1v) is 10.8. The molecular formula is C27H25FN2O3. The van der Waals surface area contributed by atoms with E-state index in [1.165, 1.54) is 18.2 Å². The number of ether oxygens (including phenoxy) is 1. The fourth-order valence-corrected chi connectivity index (χ4v) is 3.71. The number of hydrogen-bond donors (Lipinski definition) is 1. The molecule has 0 aliphatic carbocycles. The van der Waals surface area contributed by atoms with E-state index >= 15 is 0 Å². The third-order valence-corrected chi connectivity index (χ3v) is 5.42. The van der Waals surface area contributed by atoms with Gasteiger partial charge in [-0.3, -0.25) is 9.59 Å². The monoisotopic (exact) mass is 444 g/mol. The smallest absolute Gasteiger partial charge is 0.282 e. The Labute approximate surface area is 192 Å². The van der Waals surface area contributed by atoms with Crippen LogP contribution >= 0.6 is 0 Å². The largest absolute Gasteiger partial charge is 0.494 e. The lowest BCUT2D eigenvalue weighted by Gasteiger charge is -2.16. The molecule has 1 aliphatic heterocycles. The predicted octanol–water partition coefficient (Wildman–Crippen LogP) is 5.63. The second-order valence-corrected chi connectivity index (χ2v) is 7.99. The second-order valence-electron chi connectivity index (χ2n) is 7.99. The maximum atomic E-state index is 13.9. The molecule has 0 saturated carbocycles. The van der Waals surface area contributed by atoms with Crippen molar-refractivity contribution in [2.75, 3.05) is 16.8 Å². The number of anilines is 2. The maximum absolute atomic E-state index is 13.9. The minimum Gasteiger partial charge on any atom is -0.494 e. The van der Waals surface area contributed by atoms with Gasteiger partial charge in [0.2, 0.25) is 0 Å². The number of benzene rings is 3. The van der Waals surface area contributed by atoms with Gasteiger partial charge in [0, 0.05) is 5.69 Å². The number of imide groups is 1. The van der Waals surface area contributed by atoms with E-state index in [1.807, 2.05) is 39.0 Å². The Hall–Kier alpha value is -3.93. The molecule has 0 fully saturated rings. The van der Waals surface area contributed by atoms with Gasteiger partial charge in [-0.25, -0.2) is 9.29 Å². The van der Waals surface area contributed by atoms with Gasteiger partial charge in [-0.2, -0.15) is 0 Å². The van der Waals surface area contributed by atoms with Crippen LogP contribution in [-0.4, -0.2) is 18.4 Å². The summed E-state index contributed by atoms with van der Waals surface area (Å²) in [5, 5.41) is 3.18. The maximum Gasteiger partial charge on any atom is 0.282 e. The molecule has 1 heterocycles. The molecule has 5 nitrogen and oxygen atoms in total. The predicted molar refractivity (Wildman–Crippen MR) is 128 cm³/mol. The van der Waals surface area contributed by atoms with Gasteiger partial charge in [-0.1, -0.05) is 37.3 Å². The standard InChI is InChI=1S/C27H25FN2O3/c1-4-14-33-22-12-10-19(11-13-22)24-25(29-23-15-17(2)8-9-18(23)3)27(32)30(26(24)31)21-7-5-6-20(28)16-21/h5-13,15-16,29H,4,14H2,1-3H3. The zero-order valence-corrected chi connectivity index (χ0v) is 18.8. The molecule has 6 heteroatoms. The summed E-state index contributed by atoms with van der Waals surface area (Å²) in [6, 6.07) is 18.4. The molecule has 0 unspecified atom stereocenters. The molecule has 2 amide bonds. The minimum atomic E-state index is -0.534. The van der Waals surface area contributed by atoms with Gasteiger partial charge in [0.25, 0.3) is 11.8 Å². The number of hydrogen-bond acceptors (Lipinski definition) is 4. The molecule has 3 aromatic carbocycles. The number of aryl methyl sites for hydroxylation is 2. The van der Waals surface area contributed by atoms with Crippen molar-refractivity contribution in [2.45, 2.75) is 27.2 Å². The lowest BCUT2D eigenvalue weighted by Crippen LogP contribution is -2.32. The van der Waals surface area contributed by atoms with Crippen molar-refractivity contribution in [1.29, 1.82) is 0 Å². The first-order chi connectivity index (χ1) is 15.9. The van der Waals surface area contributed by atoms with Crippen molar-refractivity contribution < 1.29 is 18.7 Å². The highest BCUT2D eigenvalue weighted by atomic mass is 19.1. The summed E-state index contributed by atoms with van der Waals surface area (Å²) in [5.74, 6) is -0.888. The van der Waals surface area contributed by atoms with Crippen molar-refractivity contribution in [1.82, 2.24) is 0 Å². The quantitative estimate of drug-likeness (QED) is 0.480. The molecule has 0 aromatic heterocycles. The molecule has 1 N–H and O–H groups in total. The van der Waals surface area contributed by atoms with Gasteiger partial charge in [-0.05, 0) is 73.4 Å². The van der Waals surface area contributed by atoms with Crippen LogP contribution in [0.15, 0.2) is 72.4 Å². The summed E-state index contributed by atoms with van der Waals surface area (Å²) in [6.45, 7) is 6.49. The molecule has 3 aromatic rings. The Balaban J connectivity index is 1.79. The Morgan fingerprint density at radius 2 is 1.70 bits per heavy atom. The Kier molecular flexibility index (Phi) is 6.27. The number of rotatable bonds is 7. The van der Waals surface area contributed by atoms with Crippen LogP contribution in [-0.2, 0) is 9.59 Å². The average molecular weight is 445 g/mol. The molecule has 0 spiro atoms. The van der Waals surface area contributed by atoms with E-state index < -0.39 is 17.6 Å². The summed E-state index contributed by atoms with van der Waals surface area (Å²) in [7, 11) is 0. The molecule has 0 saturated heterocycles. The van der Waals surface area contributed by atoms with E-state index in [0.717, 1.165) is 28.1 Å². The van der Waals surface area contributed by atoms with E-state index in [-0.39, 0.29) is 17.0 Å². The van der Waals surface area contributed by atoms with Gasteiger partial charge >= 0.3 is 0 Å². The zero-order chi connectivity index (χ0) is 23.5. The molecule has 1 aliphatic rings. The van der Waals surface area contributed by atoms with Crippen molar-refractivity contribution >= 4 is 28.8 Å². The Bertz CT molecular complexity index is 1250. The molecule has 168 valence electrons. The molecule has 33 heavy (non-hydrogen) atoms. The van der Waals surface area contributed by atoms with Gasteiger partial charge in [0.1, 0.15) is 17.3 Å². The van der Waals surface area contributed by atoms with Gasteiger partial charge in [-0.15, -0.1) is 0 Å². The third-order valence-electron chi connectivity index (χ3n) is 5.42. The highest BCUT2D eigenvalue weighted by Crippen LogP contribution is 2.35. The third kappa shape index (κ3) is 4.51. The van der Waals surface area contributed by atoms with Gasteiger partial charge in [0.05, 0.1) is 17.9 Å². The van der Waals surface area contributed by atoms with Gasteiger partial charge < -0.3 is 10.1 Å². The van der Waals surface area contributed by atoms with Crippen LogP contribution in [0, 0.1) is 19.7 Å². The average Bonchev–Trinajstić information content (AvgIpc) is 3.04. The summed E-state index contributed by atoms with van der Waals surface area (Å²) < 4.78 is 19.5. The second kappa shape index (κ2) is 9.28. The van der Waals surface area contributed by atoms with Crippen LogP contribution in [0.2, 0.25) is 0 Å². The van der Waals surface area contributed by atoms with Crippen molar-refractivity contribution in [3.63, 3.8) is 0 Å². The topological polar surface area (TPSA) is 58.6 Å². The van der Waals surface area contributed by atoms with Crippen molar-refractivity contribution in [3.05, 3.63) is 94.9 Å². The van der Waals surface area contributed by atoms with Crippen LogP contribution in [0.1, 0.15) is 30.0 Å². The molecule has 4 rings (SSSR count). The Morgan fingerprint density at radius 1 is 0.939 bits per heavy atom. The normalized spacial score (nSPS) is 13.6.